The first-order valence-corrected chi connectivity index (χ1v) is 10.3. The molecule has 3 rings (SSSR count). The third-order valence-corrected chi connectivity index (χ3v) is 6.03. The van der Waals surface area contributed by atoms with E-state index in [2.05, 4.69) is 6.58 Å². The highest BCUT2D eigenvalue weighted by atomic mass is 32.2. The SMILES string of the molecule is C=CCN1C(=O)/C(=C2\SC(=S)N(CCS(=O)(=O)O)C2=O)c2ccccc21. The first-order valence-electron chi connectivity index (χ1n) is 7.50. The van der Waals surface area contributed by atoms with Crippen molar-refractivity contribution in [2.24, 2.45) is 0 Å². The van der Waals surface area contributed by atoms with Gasteiger partial charge in [0.1, 0.15) is 4.32 Å². The van der Waals surface area contributed by atoms with Crippen LogP contribution in [-0.2, 0) is 19.7 Å². The number of rotatable bonds is 5. The van der Waals surface area contributed by atoms with Gasteiger partial charge in [0, 0.05) is 18.7 Å². The van der Waals surface area contributed by atoms with Crippen LogP contribution in [0.25, 0.3) is 5.57 Å². The highest BCUT2D eigenvalue weighted by Crippen LogP contribution is 2.44. The predicted octanol–water partition coefficient (Wildman–Crippen LogP) is 1.68. The number of amides is 2. The van der Waals surface area contributed by atoms with Gasteiger partial charge in [-0.1, -0.05) is 48.3 Å². The highest BCUT2D eigenvalue weighted by molar-refractivity contribution is 8.26. The zero-order valence-corrected chi connectivity index (χ0v) is 15.9. The monoisotopic (exact) mass is 410 g/mol. The summed E-state index contributed by atoms with van der Waals surface area (Å²) in [5.41, 5.74) is 1.54. The van der Waals surface area contributed by atoms with Crippen LogP contribution >= 0.6 is 24.0 Å². The average Bonchev–Trinajstić information content (AvgIpc) is 3.00. The van der Waals surface area contributed by atoms with Gasteiger partial charge in [-0.2, -0.15) is 8.42 Å². The molecule has 1 aromatic carbocycles. The van der Waals surface area contributed by atoms with Crippen molar-refractivity contribution in [1.29, 1.82) is 0 Å². The Balaban J connectivity index is 2.03. The average molecular weight is 410 g/mol. The summed E-state index contributed by atoms with van der Waals surface area (Å²) in [4.78, 5) is 28.4. The second-order valence-corrected chi connectivity index (χ2v) is 8.75. The lowest BCUT2D eigenvalue weighted by Crippen LogP contribution is -2.33. The summed E-state index contributed by atoms with van der Waals surface area (Å²) in [7, 11) is -4.24. The number of thioether (sulfide) groups is 1. The number of fused-ring (bicyclic) bond motifs is 1. The molecule has 0 unspecified atom stereocenters. The minimum atomic E-state index is -4.24. The number of para-hydroxylation sites is 1. The Hall–Kier alpha value is -2.01. The summed E-state index contributed by atoms with van der Waals surface area (Å²) in [5, 5.41) is 0. The van der Waals surface area contributed by atoms with E-state index in [-0.39, 0.29) is 27.3 Å². The first-order chi connectivity index (χ1) is 12.2. The molecular weight excluding hydrogens is 396 g/mol. The number of benzene rings is 1. The zero-order chi connectivity index (χ0) is 19.1. The van der Waals surface area contributed by atoms with Crippen LogP contribution in [0.15, 0.2) is 41.8 Å². The highest BCUT2D eigenvalue weighted by Gasteiger charge is 2.41. The molecule has 0 aliphatic carbocycles. The fraction of sp³-hybridized carbons (Fsp3) is 0.188. The van der Waals surface area contributed by atoms with Crippen LogP contribution in [0.5, 0.6) is 0 Å². The Bertz CT molecular complexity index is 968. The second kappa shape index (κ2) is 6.95. The number of carbonyl (C=O) groups is 2. The summed E-state index contributed by atoms with van der Waals surface area (Å²) in [5.74, 6) is -1.50. The smallest absolute Gasteiger partial charge is 0.267 e. The van der Waals surface area contributed by atoms with E-state index in [1.54, 1.807) is 30.3 Å². The molecule has 26 heavy (non-hydrogen) atoms. The molecule has 0 bridgehead atoms. The Morgan fingerprint density at radius 1 is 1.19 bits per heavy atom. The lowest BCUT2D eigenvalue weighted by molar-refractivity contribution is -0.122. The molecule has 2 heterocycles. The number of anilines is 1. The van der Waals surface area contributed by atoms with Gasteiger partial charge in [-0.15, -0.1) is 6.58 Å². The number of hydrogen-bond donors (Lipinski definition) is 1. The van der Waals surface area contributed by atoms with Gasteiger partial charge < -0.3 is 4.90 Å². The van der Waals surface area contributed by atoms with Crippen LogP contribution in [-0.4, -0.2) is 52.8 Å². The van der Waals surface area contributed by atoms with Crippen molar-refractivity contribution in [3.8, 4) is 0 Å². The van der Waals surface area contributed by atoms with E-state index >= 15 is 0 Å². The van der Waals surface area contributed by atoms with E-state index in [4.69, 9.17) is 16.8 Å². The first kappa shape index (κ1) is 18.8. The lowest BCUT2D eigenvalue weighted by Gasteiger charge is -2.14. The molecule has 0 atom stereocenters. The molecule has 2 amide bonds. The fourth-order valence-electron chi connectivity index (χ4n) is 2.76. The van der Waals surface area contributed by atoms with E-state index in [0.717, 1.165) is 16.7 Å². The van der Waals surface area contributed by atoms with Crippen molar-refractivity contribution in [3.63, 3.8) is 0 Å². The van der Waals surface area contributed by atoms with E-state index in [9.17, 15) is 18.0 Å². The standard InChI is InChI=1S/C16H14N2O5S3/c1-2-7-17-11-6-4-3-5-10(11)12(14(17)19)13-15(20)18(16(24)25-13)8-9-26(21,22)23/h2-6H,1,7-9H2,(H,21,22,23)/b13-12-. The number of hydrogen-bond acceptors (Lipinski definition) is 6. The predicted molar refractivity (Wildman–Crippen MR) is 104 cm³/mol. The topological polar surface area (TPSA) is 95.0 Å². The Kier molecular flexibility index (Phi) is 5.02. The Labute approximate surface area is 160 Å². The van der Waals surface area contributed by atoms with Gasteiger partial charge in [0.2, 0.25) is 0 Å². The van der Waals surface area contributed by atoms with Crippen LogP contribution in [0.1, 0.15) is 5.56 Å². The number of carbonyl (C=O) groups excluding carboxylic acids is 2. The van der Waals surface area contributed by atoms with Gasteiger partial charge in [-0.25, -0.2) is 0 Å². The van der Waals surface area contributed by atoms with Crippen molar-refractivity contribution in [2.75, 3.05) is 23.7 Å². The molecule has 2 aliphatic rings. The zero-order valence-electron chi connectivity index (χ0n) is 13.4. The van der Waals surface area contributed by atoms with Crippen molar-refractivity contribution in [3.05, 3.63) is 47.4 Å². The molecule has 1 saturated heterocycles. The third-order valence-electron chi connectivity index (χ3n) is 3.88. The largest absolute Gasteiger partial charge is 0.304 e. The van der Waals surface area contributed by atoms with E-state index in [0.29, 0.717) is 17.8 Å². The molecule has 136 valence electrons. The van der Waals surface area contributed by atoms with Gasteiger partial charge >= 0.3 is 0 Å². The normalized spacial score (nSPS) is 20.1. The molecule has 0 saturated carbocycles. The van der Waals surface area contributed by atoms with Crippen LogP contribution in [0.4, 0.5) is 5.69 Å². The summed E-state index contributed by atoms with van der Waals surface area (Å²) in [6.45, 7) is 3.67. The molecule has 1 aromatic rings. The van der Waals surface area contributed by atoms with Crippen LogP contribution < -0.4 is 4.90 Å². The Morgan fingerprint density at radius 3 is 2.54 bits per heavy atom. The van der Waals surface area contributed by atoms with Crippen LogP contribution in [0.3, 0.4) is 0 Å². The van der Waals surface area contributed by atoms with Crippen LogP contribution in [0.2, 0.25) is 0 Å². The van der Waals surface area contributed by atoms with Gasteiger partial charge in [0.25, 0.3) is 21.9 Å². The minimum Gasteiger partial charge on any atom is -0.304 e. The third kappa shape index (κ3) is 3.32. The quantitative estimate of drug-likeness (QED) is 0.341. The van der Waals surface area contributed by atoms with Gasteiger partial charge in [-0.3, -0.25) is 19.0 Å². The van der Waals surface area contributed by atoms with Gasteiger partial charge in [-0.05, 0) is 6.07 Å². The van der Waals surface area contributed by atoms with Gasteiger partial charge in [0.05, 0.1) is 21.9 Å². The molecule has 1 N–H and O–H groups in total. The van der Waals surface area contributed by atoms with Crippen LogP contribution in [0, 0.1) is 0 Å². The van der Waals surface area contributed by atoms with E-state index < -0.39 is 21.8 Å². The van der Waals surface area contributed by atoms with Crippen molar-refractivity contribution in [2.45, 2.75) is 0 Å². The number of thiocarbonyl (C=S) groups is 1. The lowest BCUT2D eigenvalue weighted by atomic mass is 10.1. The molecule has 0 spiro atoms. The fourth-order valence-corrected chi connectivity index (χ4v) is 4.55. The molecule has 0 aromatic heterocycles. The summed E-state index contributed by atoms with van der Waals surface area (Å²) in [6, 6.07) is 7.09. The Morgan fingerprint density at radius 2 is 1.88 bits per heavy atom. The van der Waals surface area contributed by atoms with E-state index in [1.165, 1.54) is 4.90 Å². The molecule has 1 fully saturated rings. The summed E-state index contributed by atoms with van der Waals surface area (Å²) < 4.78 is 31.0. The van der Waals surface area contributed by atoms with Crippen molar-refractivity contribution in [1.82, 2.24) is 4.90 Å². The molecule has 7 nitrogen and oxygen atoms in total. The number of nitrogens with zero attached hydrogens (tertiary/aromatic N) is 2. The van der Waals surface area contributed by atoms with Gasteiger partial charge in [0.15, 0.2) is 0 Å². The maximum atomic E-state index is 12.9. The molecular formula is C16H14N2O5S3. The van der Waals surface area contributed by atoms with E-state index in [1.807, 2.05) is 0 Å². The summed E-state index contributed by atoms with van der Waals surface area (Å²) >= 11 is 6.11. The maximum absolute atomic E-state index is 12.9. The maximum Gasteiger partial charge on any atom is 0.267 e. The van der Waals surface area contributed by atoms with Crippen molar-refractivity contribution < 1.29 is 22.6 Å². The molecule has 10 heteroatoms. The molecule has 2 aliphatic heterocycles. The summed E-state index contributed by atoms with van der Waals surface area (Å²) in [6.07, 6.45) is 1.59. The minimum absolute atomic E-state index is 0.147. The second-order valence-electron chi connectivity index (χ2n) is 5.54. The molecule has 0 radical (unpaired) electrons. The van der Waals surface area contributed by atoms with Crippen molar-refractivity contribution >= 4 is 61.5 Å².